The average Bonchev–Trinajstić information content (AvgIpc) is 2.91. The second-order valence-electron chi connectivity index (χ2n) is 3.81. The van der Waals surface area contributed by atoms with Crippen molar-refractivity contribution >= 4 is 34.9 Å². The van der Waals surface area contributed by atoms with Gasteiger partial charge >= 0.3 is 0 Å². The van der Waals surface area contributed by atoms with Crippen LogP contribution in [0.5, 0.6) is 0 Å². The van der Waals surface area contributed by atoms with Crippen molar-refractivity contribution in [1.29, 1.82) is 0 Å². The maximum Gasteiger partial charge on any atom is 0.175 e. The van der Waals surface area contributed by atoms with Crippen molar-refractivity contribution in [2.24, 2.45) is 0 Å². The summed E-state index contributed by atoms with van der Waals surface area (Å²) in [5.41, 5.74) is 1.04. The molecule has 0 saturated heterocycles. The van der Waals surface area contributed by atoms with E-state index >= 15 is 0 Å². The van der Waals surface area contributed by atoms with E-state index in [0.29, 0.717) is 0 Å². The van der Waals surface area contributed by atoms with Gasteiger partial charge in [-0.15, -0.1) is 0 Å². The fraction of sp³-hybridized carbons (Fsp3) is 0. The summed E-state index contributed by atoms with van der Waals surface area (Å²) in [6.07, 6.45) is 0. The summed E-state index contributed by atoms with van der Waals surface area (Å²) in [5.74, 6) is 0.780. The Bertz CT molecular complexity index is 665. The molecule has 1 aromatic heterocycles. The molecule has 0 radical (unpaired) electrons. The molecule has 3 aromatic rings. The highest BCUT2D eigenvalue weighted by Crippen LogP contribution is 2.31. The predicted molar refractivity (Wildman–Crippen MR) is 80.9 cm³/mol. The van der Waals surface area contributed by atoms with Crippen LogP contribution >= 0.6 is 34.9 Å². The van der Waals surface area contributed by atoms with E-state index < -0.39 is 0 Å². The number of benzene rings is 2. The molecule has 0 aliphatic heterocycles. The normalized spacial score (nSPS) is 10.6. The lowest BCUT2D eigenvalue weighted by Crippen LogP contribution is -1.79. The number of hydrogen-bond acceptors (Lipinski definition) is 4. The molecule has 5 heteroatoms. The number of nitrogens with zero attached hydrogens (tertiary/aromatic N) is 2. The fourth-order valence-electron chi connectivity index (χ4n) is 1.56. The lowest BCUT2D eigenvalue weighted by atomic mass is 10.2. The van der Waals surface area contributed by atoms with E-state index in [0.717, 1.165) is 25.6 Å². The van der Waals surface area contributed by atoms with Gasteiger partial charge in [0.25, 0.3) is 0 Å². The van der Waals surface area contributed by atoms with Crippen LogP contribution in [-0.2, 0) is 0 Å². The Hall–Kier alpha value is -1.36. The Balaban J connectivity index is 1.80. The number of hydrogen-bond donors (Lipinski definition) is 0. The zero-order valence-electron chi connectivity index (χ0n) is 9.79. The Labute approximate surface area is 124 Å². The first kappa shape index (κ1) is 12.7. The van der Waals surface area contributed by atoms with Crippen LogP contribution in [0.1, 0.15) is 0 Å². The van der Waals surface area contributed by atoms with Crippen molar-refractivity contribution < 1.29 is 0 Å². The van der Waals surface area contributed by atoms with Crippen LogP contribution in [0.4, 0.5) is 0 Å². The van der Waals surface area contributed by atoms with Crippen LogP contribution in [-0.4, -0.2) is 9.36 Å². The minimum absolute atomic E-state index is 0.742. The van der Waals surface area contributed by atoms with Gasteiger partial charge in [-0.25, -0.2) is 4.98 Å². The topological polar surface area (TPSA) is 25.8 Å². The highest BCUT2D eigenvalue weighted by molar-refractivity contribution is 8.01. The van der Waals surface area contributed by atoms with Gasteiger partial charge in [-0.1, -0.05) is 53.7 Å². The SMILES string of the molecule is Clc1ccc(Sc2nc(-c3ccccc3)ns2)cc1. The molecule has 0 aliphatic rings. The van der Waals surface area contributed by atoms with Gasteiger partial charge in [0, 0.05) is 15.5 Å². The Morgan fingerprint density at radius 1 is 0.947 bits per heavy atom. The Morgan fingerprint density at radius 2 is 1.68 bits per heavy atom. The van der Waals surface area contributed by atoms with Crippen LogP contribution in [0, 0.1) is 0 Å². The second-order valence-corrected chi connectivity index (χ2v) is 6.31. The first-order valence-corrected chi connectivity index (χ1v) is 7.60. The molecule has 0 spiro atoms. The lowest BCUT2D eigenvalue weighted by Gasteiger charge is -1.96. The minimum Gasteiger partial charge on any atom is -0.208 e. The molecule has 0 unspecified atom stereocenters. The molecule has 94 valence electrons. The van der Waals surface area contributed by atoms with Gasteiger partial charge in [-0.05, 0) is 35.8 Å². The molecule has 0 N–H and O–H groups in total. The zero-order chi connectivity index (χ0) is 13.1. The average molecular weight is 305 g/mol. The van der Waals surface area contributed by atoms with Crippen molar-refractivity contribution in [3.63, 3.8) is 0 Å². The lowest BCUT2D eigenvalue weighted by molar-refractivity contribution is 1.22. The maximum atomic E-state index is 5.86. The van der Waals surface area contributed by atoms with Crippen LogP contribution < -0.4 is 0 Å². The van der Waals surface area contributed by atoms with Crippen LogP contribution in [0.2, 0.25) is 5.02 Å². The standard InChI is InChI=1S/C14H9ClN2S2/c15-11-6-8-12(9-7-11)18-14-16-13(17-19-14)10-4-2-1-3-5-10/h1-9H. The van der Waals surface area contributed by atoms with Gasteiger partial charge in [-0.3, -0.25) is 0 Å². The van der Waals surface area contributed by atoms with Crippen molar-refractivity contribution in [3.8, 4) is 11.4 Å². The Morgan fingerprint density at radius 3 is 2.42 bits per heavy atom. The van der Waals surface area contributed by atoms with Gasteiger partial charge < -0.3 is 0 Å². The van der Waals surface area contributed by atoms with E-state index in [-0.39, 0.29) is 0 Å². The predicted octanol–water partition coefficient (Wildman–Crippen LogP) is 5.01. The summed E-state index contributed by atoms with van der Waals surface area (Å²) < 4.78 is 5.32. The van der Waals surface area contributed by atoms with Crippen molar-refractivity contribution in [3.05, 3.63) is 59.6 Å². The first-order valence-electron chi connectivity index (χ1n) is 5.64. The third kappa shape index (κ3) is 3.15. The molecular weight excluding hydrogens is 296 g/mol. The van der Waals surface area contributed by atoms with Gasteiger partial charge in [-0.2, -0.15) is 4.37 Å². The van der Waals surface area contributed by atoms with E-state index in [1.807, 2.05) is 54.6 Å². The maximum absolute atomic E-state index is 5.86. The molecule has 0 bridgehead atoms. The third-order valence-electron chi connectivity index (χ3n) is 2.46. The number of aromatic nitrogens is 2. The van der Waals surface area contributed by atoms with Crippen molar-refractivity contribution in [1.82, 2.24) is 9.36 Å². The molecule has 1 heterocycles. The summed E-state index contributed by atoms with van der Waals surface area (Å²) in [6.45, 7) is 0. The quantitative estimate of drug-likeness (QED) is 0.680. The third-order valence-corrected chi connectivity index (χ3v) is 4.47. The summed E-state index contributed by atoms with van der Waals surface area (Å²) >= 11 is 8.87. The molecule has 0 aliphatic carbocycles. The number of rotatable bonds is 3. The minimum atomic E-state index is 0.742. The summed E-state index contributed by atoms with van der Waals surface area (Å²) in [4.78, 5) is 5.65. The zero-order valence-corrected chi connectivity index (χ0v) is 12.2. The molecule has 0 amide bonds. The molecule has 0 atom stereocenters. The molecular formula is C14H9ClN2S2. The van der Waals surface area contributed by atoms with Crippen molar-refractivity contribution in [2.45, 2.75) is 9.24 Å². The fourth-order valence-corrected chi connectivity index (χ4v) is 3.28. The second kappa shape index (κ2) is 5.74. The van der Waals surface area contributed by atoms with Gasteiger partial charge in [0.2, 0.25) is 0 Å². The largest absolute Gasteiger partial charge is 0.208 e. The molecule has 3 rings (SSSR count). The van der Waals surface area contributed by atoms with Crippen molar-refractivity contribution in [2.75, 3.05) is 0 Å². The molecule has 2 aromatic carbocycles. The van der Waals surface area contributed by atoms with Crippen LogP contribution in [0.15, 0.2) is 63.8 Å². The van der Waals surface area contributed by atoms with Crippen LogP contribution in [0.3, 0.4) is 0 Å². The highest BCUT2D eigenvalue weighted by atomic mass is 35.5. The summed E-state index contributed by atoms with van der Waals surface area (Å²) in [6, 6.07) is 17.7. The summed E-state index contributed by atoms with van der Waals surface area (Å²) in [7, 11) is 0. The van der Waals surface area contributed by atoms with Gasteiger partial charge in [0.15, 0.2) is 10.2 Å². The van der Waals surface area contributed by atoms with Gasteiger partial charge in [0.1, 0.15) is 0 Å². The number of halogens is 1. The highest BCUT2D eigenvalue weighted by Gasteiger charge is 2.07. The van der Waals surface area contributed by atoms with E-state index in [2.05, 4.69) is 9.36 Å². The molecule has 19 heavy (non-hydrogen) atoms. The van der Waals surface area contributed by atoms with E-state index in [1.54, 1.807) is 11.8 Å². The molecule has 0 saturated carbocycles. The monoisotopic (exact) mass is 304 g/mol. The Kier molecular flexibility index (Phi) is 3.82. The molecule has 0 fully saturated rings. The molecule has 2 nitrogen and oxygen atoms in total. The first-order chi connectivity index (χ1) is 9.31. The summed E-state index contributed by atoms with van der Waals surface area (Å²) in [5, 5.41) is 0.742. The van der Waals surface area contributed by atoms with E-state index in [9.17, 15) is 0 Å². The van der Waals surface area contributed by atoms with E-state index in [1.165, 1.54) is 11.5 Å². The van der Waals surface area contributed by atoms with E-state index in [4.69, 9.17) is 11.6 Å². The van der Waals surface area contributed by atoms with Gasteiger partial charge in [0.05, 0.1) is 0 Å². The van der Waals surface area contributed by atoms with Crippen LogP contribution in [0.25, 0.3) is 11.4 Å². The smallest absolute Gasteiger partial charge is 0.175 e.